The van der Waals surface area contributed by atoms with Gasteiger partial charge in [0.25, 0.3) is 5.91 Å². The Labute approximate surface area is 95.8 Å². The van der Waals surface area contributed by atoms with Crippen LogP contribution in [0.5, 0.6) is 0 Å². The molecule has 0 spiro atoms. The van der Waals surface area contributed by atoms with E-state index < -0.39 is 18.4 Å². The Morgan fingerprint density at radius 2 is 2.06 bits per heavy atom. The van der Waals surface area contributed by atoms with E-state index in [0.717, 1.165) is 0 Å². The molecule has 0 aliphatic carbocycles. The summed E-state index contributed by atoms with van der Waals surface area (Å²) in [7, 11) is 0. The van der Waals surface area contributed by atoms with Crippen molar-refractivity contribution >= 4 is 11.9 Å². The minimum Gasteiger partial charge on any atom is -0.480 e. The van der Waals surface area contributed by atoms with Crippen molar-refractivity contribution in [1.29, 1.82) is 0 Å². The molecule has 0 unspecified atom stereocenters. The van der Waals surface area contributed by atoms with Crippen LogP contribution in [0.4, 0.5) is 0 Å². The van der Waals surface area contributed by atoms with Crippen LogP contribution in [-0.2, 0) is 4.79 Å². The van der Waals surface area contributed by atoms with Gasteiger partial charge < -0.3 is 19.3 Å². The molecule has 0 aromatic carbocycles. The Morgan fingerprint density at radius 1 is 1.24 bits per heavy atom. The van der Waals surface area contributed by atoms with Gasteiger partial charge in [-0.05, 0) is 24.3 Å². The zero-order valence-electron chi connectivity index (χ0n) is 8.67. The van der Waals surface area contributed by atoms with Crippen LogP contribution >= 0.6 is 0 Å². The van der Waals surface area contributed by atoms with Crippen molar-refractivity contribution < 1.29 is 23.5 Å². The maximum Gasteiger partial charge on any atom is 0.322 e. The quantitative estimate of drug-likeness (QED) is 0.834. The third-order valence-electron chi connectivity index (χ3n) is 1.99. The van der Waals surface area contributed by atoms with Gasteiger partial charge in [-0.25, -0.2) is 0 Å². The normalized spacial score (nSPS) is 10.1. The molecule has 88 valence electrons. The lowest BCUT2D eigenvalue weighted by Crippen LogP contribution is -2.28. The molecule has 17 heavy (non-hydrogen) atoms. The predicted octanol–water partition coefficient (Wildman–Crippen LogP) is 1.35. The molecule has 0 aliphatic rings. The maximum atomic E-state index is 11.4. The highest BCUT2D eigenvalue weighted by Gasteiger charge is 2.13. The van der Waals surface area contributed by atoms with Gasteiger partial charge >= 0.3 is 5.97 Å². The first-order valence-corrected chi connectivity index (χ1v) is 4.80. The Morgan fingerprint density at radius 3 is 2.71 bits per heavy atom. The fourth-order valence-corrected chi connectivity index (χ4v) is 1.25. The average molecular weight is 235 g/mol. The Kier molecular flexibility index (Phi) is 2.95. The zero-order chi connectivity index (χ0) is 12.3. The minimum atomic E-state index is -1.11. The second-order valence-corrected chi connectivity index (χ2v) is 3.22. The molecule has 0 aliphatic heterocycles. The summed E-state index contributed by atoms with van der Waals surface area (Å²) < 4.78 is 10.3. The van der Waals surface area contributed by atoms with Crippen LogP contribution in [0.15, 0.2) is 39.4 Å². The van der Waals surface area contributed by atoms with Gasteiger partial charge in [-0.1, -0.05) is 0 Å². The summed E-state index contributed by atoms with van der Waals surface area (Å²) in [4.78, 5) is 21.7. The lowest BCUT2D eigenvalue weighted by atomic mass is 10.3. The molecule has 1 amide bonds. The number of carboxylic acid groups (broad SMARTS) is 1. The first-order valence-electron chi connectivity index (χ1n) is 4.80. The molecular weight excluding hydrogens is 226 g/mol. The molecule has 2 N–H and O–H groups in total. The summed E-state index contributed by atoms with van der Waals surface area (Å²) in [6.07, 6.45) is 1.49. The highest BCUT2D eigenvalue weighted by molar-refractivity contribution is 5.93. The molecule has 0 saturated carbocycles. The van der Waals surface area contributed by atoms with E-state index in [4.69, 9.17) is 13.9 Å². The van der Waals surface area contributed by atoms with Crippen LogP contribution < -0.4 is 5.32 Å². The summed E-state index contributed by atoms with van der Waals surface area (Å²) in [5, 5.41) is 10.6. The molecule has 0 fully saturated rings. The number of carbonyl (C=O) groups excluding carboxylic acids is 1. The molecule has 2 rings (SSSR count). The van der Waals surface area contributed by atoms with E-state index in [1.807, 2.05) is 0 Å². The van der Waals surface area contributed by atoms with Crippen LogP contribution in [0.25, 0.3) is 11.5 Å². The molecule has 0 radical (unpaired) electrons. The molecule has 6 heteroatoms. The number of furan rings is 2. The van der Waals surface area contributed by atoms with E-state index in [9.17, 15) is 9.59 Å². The van der Waals surface area contributed by atoms with Crippen LogP contribution in [0.3, 0.4) is 0 Å². The van der Waals surface area contributed by atoms with Crippen molar-refractivity contribution in [3.8, 4) is 11.5 Å². The first kappa shape index (κ1) is 11.0. The van der Waals surface area contributed by atoms with E-state index in [1.54, 1.807) is 18.2 Å². The Hall–Kier alpha value is -2.50. The van der Waals surface area contributed by atoms with Gasteiger partial charge in [0.2, 0.25) is 0 Å². The summed E-state index contributed by atoms with van der Waals surface area (Å²) >= 11 is 0. The van der Waals surface area contributed by atoms with E-state index in [0.29, 0.717) is 11.5 Å². The third-order valence-corrected chi connectivity index (χ3v) is 1.99. The summed E-state index contributed by atoms with van der Waals surface area (Å²) in [6.45, 7) is -0.449. The minimum absolute atomic E-state index is 0.0395. The molecule has 2 aromatic rings. The fourth-order valence-electron chi connectivity index (χ4n) is 1.25. The van der Waals surface area contributed by atoms with Gasteiger partial charge in [-0.15, -0.1) is 0 Å². The lowest BCUT2D eigenvalue weighted by Gasteiger charge is -1.97. The van der Waals surface area contributed by atoms with Crippen LogP contribution in [0.1, 0.15) is 10.6 Å². The molecular formula is C11H9NO5. The number of aliphatic carboxylic acids is 1. The highest BCUT2D eigenvalue weighted by atomic mass is 16.4. The average Bonchev–Trinajstić information content (AvgIpc) is 2.94. The van der Waals surface area contributed by atoms with Crippen molar-refractivity contribution in [2.24, 2.45) is 0 Å². The third kappa shape index (κ3) is 2.54. The van der Waals surface area contributed by atoms with Crippen molar-refractivity contribution in [3.05, 3.63) is 36.3 Å². The Balaban J connectivity index is 2.08. The zero-order valence-corrected chi connectivity index (χ0v) is 8.67. The number of hydrogen-bond acceptors (Lipinski definition) is 4. The first-order chi connectivity index (χ1) is 8.16. The number of rotatable bonds is 4. The monoisotopic (exact) mass is 235 g/mol. The highest BCUT2D eigenvalue weighted by Crippen LogP contribution is 2.22. The fraction of sp³-hybridized carbons (Fsp3) is 0.0909. The van der Waals surface area contributed by atoms with Gasteiger partial charge in [0.1, 0.15) is 6.54 Å². The SMILES string of the molecule is O=C(O)CNC(=O)c1ccc(-c2ccco2)o1. The smallest absolute Gasteiger partial charge is 0.322 e. The molecule has 0 atom stereocenters. The number of amides is 1. The second-order valence-electron chi connectivity index (χ2n) is 3.22. The second kappa shape index (κ2) is 4.56. The topological polar surface area (TPSA) is 92.7 Å². The summed E-state index contributed by atoms with van der Waals surface area (Å²) in [5.74, 6) is -0.739. The van der Waals surface area contributed by atoms with Crippen LogP contribution in [0, 0.1) is 0 Å². The molecule has 0 saturated heterocycles. The van der Waals surface area contributed by atoms with Crippen molar-refractivity contribution in [3.63, 3.8) is 0 Å². The van der Waals surface area contributed by atoms with Crippen molar-refractivity contribution in [2.75, 3.05) is 6.54 Å². The number of carbonyl (C=O) groups is 2. The predicted molar refractivity (Wildman–Crippen MR) is 56.4 cm³/mol. The summed E-state index contributed by atoms with van der Waals surface area (Å²) in [6, 6.07) is 6.42. The van der Waals surface area contributed by atoms with Gasteiger partial charge in [-0.3, -0.25) is 9.59 Å². The van der Waals surface area contributed by atoms with Crippen molar-refractivity contribution in [2.45, 2.75) is 0 Å². The molecule has 2 aromatic heterocycles. The van der Waals surface area contributed by atoms with Crippen LogP contribution in [-0.4, -0.2) is 23.5 Å². The van der Waals surface area contributed by atoms with E-state index >= 15 is 0 Å². The summed E-state index contributed by atoms with van der Waals surface area (Å²) in [5.41, 5.74) is 0. The van der Waals surface area contributed by atoms with Crippen molar-refractivity contribution in [1.82, 2.24) is 5.32 Å². The number of hydrogen-bond donors (Lipinski definition) is 2. The van der Waals surface area contributed by atoms with E-state index in [1.165, 1.54) is 12.3 Å². The van der Waals surface area contributed by atoms with Gasteiger partial charge in [0, 0.05) is 0 Å². The Bertz CT molecular complexity index is 526. The molecule has 6 nitrogen and oxygen atoms in total. The largest absolute Gasteiger partial charge is 0.480 e. The van der Waals surface area contributed by atoms with E-state index in [2.05, 4.69) is 5.32 Å². The van der Waals surface area contributed by atoms with E-state index in [-0.39, 0.29) is 5.76 Å². The maximum absolute atomic E-state index is 11.4. The number of nitrogens with one attached hydrogen (secondary N) is 1. The molecule has 2 heterocycles. The lowest BCUT2D eigenvalue weighted by molar-refractivity contribution is -0.135. The molecule has 0 bridgehead atoms. The van der Waals surface area contributed by atoms with Gasteiger partial charge in [0.05, 0.1) is 6.26 Å². The van der Waals surface area contributed by atoms with Gasteiger partial charge in [0.15, 0.2) is 17.3 Å². The standard InChI is InChI=1S/C11H9NO5/c13-10(14)6-12-11(15)9-4-3-8(17-9)7-2-1-5-16-7/h1-5H,6H2,(H,12,15)(H,13,14). The van der Waals surface area contributed by atoms with Crippen LogP contribution in [0.2, 0.25) is 0 Å². The number of carboxylic acids is 1. The van der Waals surface area contributed by atoms with Gasteiger partial charge in [-0.2, -0.15) is 0 Å².